The van der Waals surface area contributed by atoms with E-state index in [4.69, 9.17) is 27.9 Å². The van der Waals surface area contributed by atoms with Gasteiger partial charge in [0.15, 0.2) is 0 Å². The number of ether oxygens (including phenoxy) is 1. The molecule has 120 valence electrons. The molecule has 0 aliphatic heterocycles. The Labute approximate surface area is 142 Å². The zero-order valence-electron chi connectivity index (χ0n) is 12.3. The Balaban J connectivity index is 2.37. The number of hydrogen-bond acceptors (Lipinski definition) is 4. The van der Waals surface area contributed by atoms with Gasteiger partial charge in [0, 0.05) is 7.05 Å². The molecule has 1 heterocycles. The SMILES string of the molecule is CNC(=O)c1cc(OC)ccc1NC(=O)c1nc(Cl)ccc1Cl. The molecule has 2 aromatic rings. The largest absolute Gasteiger partial charge is 0.497 e. The summed E-state index contributed by atoms with van der Waals surface area (Å²) < 4.78 is 5.09. The number of rotatable bonds is 4. The van der Waals surface area contributed by atoms with Crippen molar-refractivity contribution in [1.29, 1.82) is 0 Å². The molecular formula is C15H13Cl2N3O3. The predicted molar refractivity (Wildman–Crippen MR) is 88.6 cm³/mol. The first-order chi connectivity index (χ1) is 11.0. The summed E-state index contributed by atoms with van der Waals surface area (Å²) in [6.07, 6.45) is 0. The summed E-state index contributed by atoms with van der Waals surface area (Å²) in [4.78, 5) is 28.2. The minimum absolute atomic E-state index is 0.0298. The minimum Gasteiger partial charge on any atom is -0.497 e. The monoisotopic (exact) mass is 353 g/mol. The summed E-state index contributed by atoms with van der Waals surface area (Å²) in [5, 5.41) is 5.39. The number of anilines is 1. The molecule has 2 rings (SSSR count). The van der Waals surface area contributed by atoms with Gasteiger partial charge >= 0.3 is 0 Å². The third-order valence-electron chi connectivity index (χ3n) is 2.97. The molecule has 0 radical (unpaired) electrons. The fourth-order valence-electron chi connectivity index (χ4n) is 1.84. The molecule has 0 aliphatic carbocycles. The summed E-state index contributed by atoms with van der Waals surface area (Å²) in [6.45, 7) is 0. The zero-order valence-corrected chi connectivity index (χ0v) is 13.8. The van der Waals surface area contributed by atoms with E-state index in [1.807, 2.05) is 0 Å². The van der Waals surface area contributed by atoms with Crippen molar-refractivity contribution in [3.05, 3.63) is 51.8 Å². The maximum atomic E-state index is 12.3. The average molecular weight is 354 g/mol. The summed E-state index contributed by atoms with van der Waals surface area (Å²) >= 11 is 11.7. The van der Waals surface area contributed by atoms with E-state index < -0.39 is 5.91 Å². The van der Waals surface area contributed by atoms with E-state index in [2.05, 4.69) is 15.6 Å². The third-order valence-corrected chi connectivity index (χ3v) is 3.49. The Morgan fingerprint density at radius 2 is 1.87 bits per heavy atom. The summed E-state index contributed by atoms with van der Waals surface area (Å²) in [5.74, 6) is -0.460. The van der Waals surface area contributed by atoms with E-state index in [0.717, 1.165) is 0 Å². The van der Waals surface area contributed by atoms with Crippen molar-refractivity contribution in [2.75, 3.05) is 19.5 Å². The number of pyridine rings is 1. The number of halogens is 2. The van der Waals surface area contributed by atoms with Crippen molar-refractivity contribution in [3.63, 3.8) is 0 Å². The smallest absolute Gasteiger partial charge is 0.275 e. The van der Waals surface area contributed by atoms with Gasteiger partial charge in [0.2, 0.25) is 0 Å². The zero-order chi connectivity index (χ0) is 17.0. The van der Waals surface area contributed by atoms with Crippen molar-refractivity contribution >= 4 is 40.7 Å². The van der Waals surface area contributed by atoms with E-state index in [9.17, 15) is 9.59 Å². The maximum Gasteiger partial charge on any atom is 0.275 e. The van der Waals surface area contributed by atoms with Gasteiger partial charge < -0.3 is 15.4 Å². The molecule has 0 saturated carbocycles. The average Bonchev–Trinajstić information content (AvgIpc) is 2.56. The quantitative estimate of drug-likeness (QED) is 0.828. The van der Waals surface area contributed by atoms with E-state index in [0.29, 0.717) is 11.4 Å². The molecule has 8 heteroatoms. The van der Waals surface area contributed by atoms with Crippen LogP contribution in [0.2, 0.25) is 10.2 Å². The van der Waals surface area contributed by atoms with E-state index in [1.54, 1.807) is 12.1 Å². The number of nitrogens with zero attached hydrogens (tertiary/aromatic N) is 1. The molecule has 23 heavy (non-hydrogen) atoms. The molecule has 2 amide bonds. The number of carbonyl (C=O) groups is 2. The van der Waals surface area contributed by atoms with Crippen LogP contribution >= 0.6 is 23.2 Å². The van der Waals surface area contributed by atoms with Gasteiger partial charge in [-0.2, -0.15) is 0 Å². The van der Waals surface area contributed by atoms with Crippen LogP contribution in [0.5, 0.6) is 5.75 Å². The highest BCUT2D eigenvalue weighted by atomic mass is 35.5. The molecule has 0 atom stereocenters. The van der Waals surface area contributed by atoms with Gasteiger partial charge in [0.05, 0.1) is 23.4 Å². The van der Waals surface area contributed by atoms with Gasteiger partial charge in [-0.1, -0.05) is 23.2 Å². The summed E-state index contributed by atoms with van der Waals surface area (Å²) in [5.41, 5.74) is 0.518. The molecule has 1 aromatic carbocycles. The van der Waals surface area contributed by atoms with Crippen LogP contribution in [0.25, 0.3) is 0 Å². The summed E-state index contributed by atoms with van der Waals surface area (Å²) in [7, 11) is 2.97. The number of nitrogens with one attached hydrogen (secondary N) is 2. The van der Waals surface area contributed by atoms with Crippen molar-refractivity contribution in [2.24, 2.45) is 0 Å². The molecule has 6 nitrogen and oxygen atoms in total. The number of methoxy groups -OCH3 is 1. The van der Waals surface area contributed by atoms with Crippen LogP contribution in [0.4, 0.5) is 5.69 Å². The molecule has 0 unspecified atom stereocenters. The Hall–Kier alpha value is -2.31. The Morgan fingerprint density at radius 1 is 1.13 bits per heavy atom. The first-order valence-corrected chi connectivity index (χ1v) is 7.25. The maximum absolute atomic E-state index is 12.3. The second-order valence-corrected chi connectivity index (χ2v) is 5.20. The van der Waals surface area contributed by atoms with Crippen LogP contribution in [-0.2, 0) is 0 Å². The number of hydrogen-bond donors (Lipinski definition) is 2. The standard InChI is InChI=1S/C15H13Cl2N3O3/c1-18-14(21)9-7-8(23-2)3-5-11(9)19-15(22)13-10(16)4-6-12(17)20-13/h3-7H,1-2H3,(H,18,21)(H,19,22). The van der Waals surface area contributed by atoms with E-state index >= 15 is 0 Å². The van der Waals surface area contributed by atoms with Crippen LogP contribution < -0.4 is 15.4 Å². The van der Waals surface area contributed by atoms with Crippen LogP contribution in [-0.4, -0.2) is 31.0 Å². The fraction of sp³-hybridized carbons (Fsp3) is 0.133. The van der Waals surface area contributed by atoms with Gasteiger partial charge in [-0.05, 0) is 30.3 Å². The molecule has 0 saturated heterocycles. The minimum atomic E-state index is -0.576. The molecule has 1 aromatic heterocycles. The lowest BCUT2D eigenvalue weighted by Gasteiger charge is -2.12. The van der Waals surface area contributed by atoms with E-state index in [-0.39, 0.29) is 27.3 Å². The normalized spacial score (nSPS) is 10.1. The lowest BCUT2D eigenvalue weighted by atomic mass is 10.1. The van der Waals surface area contributed by atoms with Crippen LogP contribution in [0.1, 0.15) is 20.8 Å². The number of benzene rings is 1. The van der Waals surface area contributed by atoms with Gasteiger partial charge in [0.25, 0.3) is 11.8 Å². The highest BCUT2D eigenvalue weighted by Gasteiger charge is 2.17. The van der Waals surface area contributed by atoms with Gasteiger partial charge in [-0.3, -0.25) is 9.59 Å². The Morgan fingerprint density at radius 3 is 2.52 bits per heavy atom. The third kappa shape index (κ3) is 3.91. The molecule has 0 fully saturated rings. The van der Waals surface area contributed by atoms with Gasteiger partial charge in [-0.25, -0.2) is 4.98 Å². The number of amides is 2. The Bertz CT molecular complexity index is 766. The summed E-state index contributed by atoms with van der Waals surface area (Å²) in [6, 6.07) is 7.64. The lowest BCUT2D eigenvalue weighted by Crippen LogP contribution is -2.22. The number of aromatic nitrogens is 1. The highest BCUT2D eigenvalue weighted by molar-refractivity contribution is 6.35. The first-order valence-electron chi connectivity index (χ1n) is 6.49. The second kappa shape index (κ2) is 7.30. The molecule has 2 N–H and O–H groups in total. The van der Waals surface area contributed by atoms with Crippen LogP contribution in [0, 0.1) is 0 Å². The highest BCUT2D eigenvalue weighted by Crippen LogP contribution is 2.24. The van der Waals surface area contributed by atoms with Crippen LogP contribution in [0.15, 0.2) is 30.3 Å². The van der Waals surface area contributed by atoms with Crippen molar-refractivity contribution < 1.29 is 14.3 Å². The van der Waals surface area contributed by atoms with Crippen LogP contribution in [0.3, 0.4) is 0 Å². The topological polar surface area (TPSA) is 80.3 Å². The first kappa shape index (κ1) is 17.1. The fourth-order valence-corrected chi connectivity index (χ4v) is 2.18. The predicted octanol–water partition coefficient (Wildman–Crippen LogP) is 3.01. The van der Waals surface area contributed by atoms with E-state index in [1.165, 1.54) is 32.4 Å². The van der Waals surface area contributed by atoms with Gasteiger partial charge in [-0.15, -0.1) is 0 Å². The van der Waals surface area contributed by atoms with Crippen molar-refractivity contribution in [2.45, 2.75) is 0 Å². The van der Waals surface area contributed by atoms with Gasteiger partial charge in [0.1, 0.15) is 16.6 Å². The van der Waals surface area contributed by atoms with Crippen molar-refractivity contribution in [3.8, 4) is 5.75 Å². The Kier molecular flexibility index (Phi) is 5.41. The number of carbonyl (C=O) groups excluding carboxylic acids is 2. The molecular weight excluding hydrogens is 341 g/mol. The molecule has 0 bridgehead atoms. The molecule has 0 aliphatic rings. The lowest BCUT2D eigenvalue weighted by molar-refractivity contribution is 0.0963. The second-order valence-electron chi connectivity index (χ2n) is 4.41. The van der Waals surface area contributed by atoms with Crippen molar-refractivity contribution in [1.82, 2.24) is 10.3 Å². The molecule has 0 spiro atoms.